The second-order valence-electron chi connectivity index (χ2n) is 5.86. The third kappa shape index (κ3) is 6.61. The lowest BCUT2D eigenvalue weighted by molar-refractivity contribution is -0.118. The number of rotatable bonds is 8. The number of thioether (sulfide) groups is 1. The maximum Gasteiger partial charge on any atom is 0.286 e. The molecule has 2 aromatic carbocycles. The van der Waals surface area contributed by atoms with E-state index >= 15 is 0 Å². The number of carbonyl (C=O) groups is 2. The van der Waals surface area contributed by atoms with E-state index in [2.05, 4.69) is 20.8 Å². The van der Waals surface area contributed by atoms with Gasteiger partial charge in [-0.3, -0.25) is 9.59 Å². The maximum atomic E-state index is 12.9. The molecule has 2 N–H and O–H groups in total. The fourth-order valence-corrected chi connectivity index (χ4v) is 3.84. The first-order valence-corrected chi connectivity index (χ1v) is 10.4. The van der Waals surface area contributed by atoms with Crippen LogP contribution in [0.2, 0.25) is 0 Å². The summed E-state index contributed by atoms with van der Waals surface area (Å²) in [5.41, 5.74) is 1.27. The van der Waals surface area contributed by atoms with Gasteiger partial charge in [0.15, 0.2) is 0 Å². The molecule has 3 rings (SSSR count). The SMILES string of the molecule is O=C(CSCc1nnc(C(=O)Nc2ccc(F)cc2)s1)NCc1ccc(F)cc1. The first-order chi connectivity index (χ1) is 14.0. The summed E-state index contributed by atoms with van der Waals surface area (Å²) >= 11 is 2.48. The predicted molar refractivity (Wildman–Crippen MR) is 109 cm³/mol. The minimum Gasteiger partial charge on any atom is -0.351 e. The summed E-state index contributed by atoms with van der Waals surface area (Å²) in [6.07, 6.45) is 0. The molecule has 150 valence electrons. The van der Waals surface area contributed by atoms with Crippen molar-refractivity contribution in [1.82, 2.24) is 15.5 Å². The number of halogens is 2. The summed E-state index contributed by atoms with van der Waals surface area (Å²) in [5, 5.41) is 14.0. The molecule has 10 heteroatoms. The number of nitrogens with one attached hydrogen (secondary N) is 2. The number of amides is 2. The van der Waals surface area contributed by atoms with Gasteiger partial charge >= 0.3 is 0 Å². The molecular formula is C19H16F2N4O2S2. The predicted octanol–water partition coefficient (Wildman–Crippen LogP) is 3.62. The Kier molecular flexibility index (Phi) is 7.25. The molecule has 0 radical (unpaired) electrons. The Morgan fingerprint density at radius 2 is 1.62 bits per heavy atom. The molecule has 3 aromatic rings. The van der Waals surface area contributed by atoms with E-state index in [0.29, 0.717) is 23.0 Å². The maximum absolute atomic E-state index is 12.9. The zero-order valence-corrected chi connectivity index (χ0v) is 16.7. The minimum absolute atomic E-state index is 0.155. The van der Waals surface area contributed by atoms with E-state index in [0.717, 1.165) is 16.9 Å². The normalized spacial score (nSPS) is 10.6. The number of benzene rings is 2. The van der Waals surface area contributed by atoms with Crippen molar-refractivity contribution in [2.24, 2.45) is 0 Å². The number of hydrogen-bond acceptors (Lipinski definition) is 6. The highest BCUT2D eigenvalue weighted by atomic mass is 32.2. The van der Waals surface area contributed by atoms with Gasteiger partial charge in [-0.1, -0.05) is 23.5 Å². The van der Waals surface area contributed by atoms with Crippen LogP contribution in [-0.2, 0) is 17.1 Å². The van der Waals surface area contributed by atoms with Crippen LogP contribution in [0.5, 0.6) is 0 Å². The first-order valence-electron chi connectivity index (χ1n) is 8.48. The van der Waals surface area contributed by atoms with E-state index in [1.54, 1.807) is 12.1 Å². The molecule has 0 fully saturated rings. The fourth-order valence-electron chi connectivity index (χ4n) is 2.21. The molecule has 29 heavy (non-hydrogen) atoms. The Labute approximate surface area is 173 Å². The number of hydrogen-bond donors (Lipinski definition) is 2. The molecule has 6 nitrogen and oxygen atoms in total. The van der Waals surface area contributed by atoms with Crippen molar-refractivity contribution < 1.29 is 18.4 Å². The second-order valence-corrected chi connectivity index (χ2v) is 7.91. The summed E-state index contributed by atoms with van der Waals surface area (Å²) < 4.78 is 25.7. The van der Waals surface area contributed by atoms with Crippen molar-refractivity contribution in [3.8, 4) is 0 Å². The highest BCUT2D eigenvalue weighted by Gasteiger charge is 2.13. The van der Waals surface area contributed by atoms with Crippen molar-refractivity contribution in [2.45, 2.75) is 12.3 Å². The molecule has 0 aliphatic heterocycles. The van der Waals surface area contributed by atoms with E-state index in [-0.39, 0.29) is 28.3 Å². The highest BCUT2D eigenvalue weighted by molar-refractivity contribution is 7.99. The lowest BCUT2D eigenvalue weighted by atomic mass is 10.2. The van der Waals surface area contributed by atoms with Crippen LogP contribution >= 0.6 is 23.1 Å². The lowest BCUT2D eigenvalue weighted by Gasteiger charge is -2.04. The van der Waals surface area contributed by atoms with Crippen LogP contribution in [-0.4, -0.2) is 27.8 Å². The largest absolute Gasteiger partial charge is 0.351 e. The van der Waals surface area contributed by atoms with Gasteiger partial charge in [0, 0.05) is 18.0 Å². The average Bonchev–Trinajstić information content (AvgIpc) is 3.18. The summed E-state index contributed by atoms with van der Waals surface area (Å²) in [6.45, 7) is 0.326. The highest BCUT2D eigenvalue weighted by Crippen LogP contribution is 2.18. The summed E-state index contributed by atoms with van der Waals surface area (Å²) in [6, 6.07) is 11.3. The molecular weight excluding hydrogens is 418 g/mol. The average molecular weight is 434 g/mol. The van der Waals surface area contributed by atoms with Gasteiger partial charge in [0.1, 0.15) is 16.6 Å². The monoisotopic (exact) mass is 434 g/mol. The molecule has 0 saturated carbocycles. The van der Waals surface area contributed by atoms with Gasteiger partial charge in [-0.15, -0.1) is 22.0 Å². The Bertz CT molecular complexity index is 979. The van der Waals surface area contributed by atoms with Crippen LogP contribution in [0.3, 0.4) is 0 Å². The van der Waals surface area contributed by atoms with Gasteiger partial charge in [-0.25, -0.2) is 8.78 Å². The molecule has 0 spiro atoms. The number of nitrogens with zero attached hydrogens (tertiary/aromatic N) is 2. The van der Waals surface area contributed by atoms with Crippen LogP contribution in [0.15, 0.2) is 48.5 Å². The number of carbonyl (C=O) groups excluding carboxylic acids is 2. The molecule has 2 amide bonds. The standard InChI is InChI=1S/C19H16F2N4O2S2/c20-13-3-1-12(2-4-13)9-22-16(26)10-28-11-17-24-25-19(29-17)18(27)23-15-7-5-14(21)6-8-15/h1-8H,9-11H2,(H,22,26)(H,23,27). The molecule has 1 heterocycles. The Morgan fingerprint density at radius 1 is 0.966 bits per heavy atom. The third-order valence-corrected chi connectivity index (χ3v) is 5.67. The van der Waals surface area contributed by atoms with Gasteiger partial charge in [0.2, 0.25) is 10.9 Å². The first kappa shape index (κ1) is 20.9. The van der Waals surface area contributed by atoms with Crippen molar-refractivity contribution >= 4 is 40.6 Å². The molecule has 0 saturated heterocycles. The van der Waals surface area contributed by atoms with Crippen LogP contribution in [0.25, 0.3) is 0 Å². The lowest BCUT2D eigenvalue weighted by Crippen LogP contribution is -2.24. The summed E-state index contributed by atoms with van der Waals surface area (Å²) in [5.74, 6) is -0.637. The van der Waals surface area contributed by atoms with Gasteiger partial charge in [0.25, 0.3) is 5.91 Å². The zero-order chi connectivity index (χ0) is 20.6. The summed E-state index contributed by atoms with van der Waals surface area (Å²) in [7, 11) is 0. The van der Waals surface area contributed by atoms with Gasteiger partial charge in [0.05, 0.1) is 5.75 Å². The van der Waals surface area contributed by atoms with Crippen molar-refractivity contribution in [1.29, 1.82) is 0 Å². The van der Waals surface area contributed by atoms with Gasteiger partial charge < -0.3 is 10.6 Å². The molecule has 1 aromatic heterocycles. The molecule has 0 atom stereocenters. The van der Waals surface area contributed by atoms with E-state index in [1.165, 1.54) is 48.2 Å². The Balaban J connectivity index is 1.40. The van der Waals surface area contributed by atoms with Crippen LogP contribution in [0.4, 0.5) is 14.5 Å². The van der Waals surface area contributed by atoms with Gasteiger partial charge in [-0.05, 0) is 42.0 Å². The molecule has 0 unspecified atom stereocenters. The van der Waals surface area contributed by atoms with E-state index < -0.39 is 5.91 Å². The van der Waals surface area contributed by atoms with E-state index in [9.17, 15) is 18.4 Å². The Morgan fingerprint density at radius 3 is 2.31 bits per heavy atom. The topological polar surface area (TPSA) is 84.0 Å². The summed E-state index contributed by atoms with van der Waals surface area (Å²) in [4.78, 5) is 24.0. The van der Waals surface area contributed by atoms with Crippen molar-refractivity contribution in [3.05, 3.63) is 75.7 Å². The van der Waals surface area contributed by atoms with Crippen LogP contribution < -0.4 is 10.6 Å². The number of aromatic nitrogens is 2. The van der Waals surface area contributed by atoms with Crippen molar-refractivity contribution in [3.63, 3.8) is 0 Å². The molecule has 0 aliphatic carbocycles. The third-order valence-electron chi connectivity index (χ3n) is 3.62. The quantitative estimate of drug-likeness (QED) is 0.566. The molecule has 0 aliphatic rings. The van der Waals surface area contributed by atoms with E-state index in [4.69, 9.17) is 0 Å². The Hall–Kier alpha value is -2.85. The van der Waals surface area contributed by atoms with Crippen LogP contribution in [0, 0.1) is 11.6 Å². The zero-order valence-electron chi connectivity index (χ0n) is 15.0. The smallest absolute Gasteiger partial charge is 0.286 e. The van der Waals surface area contributed by atoms with Gasteiger partial charge in [-0.2, -0.15) is 0 Å². The second kappa shape index (κ2) is 10.1. The van der Waals surface area contributed by atoms with Crippen molar-refractivity contribution in [2.75, 3.05) is 11.1 Å². The molecule has 0 bridgehead atoms. The number of anilines is 1. The minimum atomic E-state index is -0.428. The van der Waals surface area contributed by atoms with Crippen LogP contribution in [0.1, 0.15) is 20.4 Å². The fraction of sp³-hybridized carbons (Fsp3) is 0.158. The van der Waals surface area contributed by atoms with E-state index in [1.807, 2.05) is 0 Å².